The van der Waals surface area contributed by atoms with Crippen LogP contribution in [0.25, 0.3) is 0 Å². The Morgan fingerprint density at radius 2 is 2.00 bits per heavy atom. The summed E-state index contributed by atoms with van der Waals surface area (Å²) in [6.45, 7) is 6.58. The van der Waals surface area contributed by atoms with E-state index in [0.29, 0.717) is 11.3 Å². The second-order valence-electron chi connectivity index (χ2n) is 7.21. The lowest BCUT2D eigenvalue weighted by molar-refractivity contribution is 0.0939. The number of amides is 1. The van der Waals surface area contributed by atoms with E-state index in [-0.39, 0.29) is 11.9 Å². The Morgan fingerprint density at radius 1 is 1.23 bits per heavy atom. The highest BCUT2D eigenvalue weighted by molar-refractivity contribution is 5.94. The molecule has 0 radical (unpaired) electrons. The highest BCUT2D eigenvalue weighted by atomic mass is 16.5. The van der Waals surface area contributed by atoms with Gasteiger partial charge in [0.2, 0.25) is 0 Å². The van der Waals surface area contributed by atoms with Gasteiger partial charge in [-0.3, -0.25) is 4.79 Å². The van der Waals surface area contributed by atoms with Gasteiger partial charge in [0.1, 0.15) is 5.75 Å². The van der Waals surface area contributed by atoms with Gasteiger partial charge in [-0.15, -0.1) is 0 Å². The van der Waals surface area contributed by atoms with Crippen LogP contribution in [0.1, 0.15) is 48.7 Å². The predicted molar refractivity (Wildman–Crippen MR) is 106 cm³/mol. The highest BCUT2D eigenvalue weighted by Gasteiger charge is 2.17. The molecule has 4 heteroatoms. The molecule has 0 bridgehead atoms. The van der Waals surface area contributed by atoms with Crippen LogP contribution in [-0.2, 0) is 0 Å². The minimum absolute atomic E-state index is 0.0527. The topological polar surface area (TPSA) is 41.6 Å². The Kier molecular flexibility index (Phi) is 5.82. The monoisotopic (exact) mass is 352 g/mol. The summed E-state index contributed by atoms with van der Waals surface area (Å²) in [7, 11) is 1.60. The summed E-state index contributed by atoms with van der Waals surface area (Å²) in [5.74, 6) is 1.35. The van der Waals surface area contributed by atoms with E-state index in [4.69, 9.17) is 4.74 Å². The average Bonchev–Trinajstić information content (AvgIpc) is 2.68. The quantitative estimate of drug-likeness (QED) is 0.866. The van der Waals surface area contributed by atoms with Crippen LogP contribution in [0.5, 0.6) is 5.75 Å². The molecule has 1 fully saturated rings. The SMILES string of the molecule is COc1cccc(C(=O)N[C@@H](C)c2ccc(N3CCC[C@@H](C)C3)cc2)c1. The van der Waals surface area contributed by atoms with Gasteiger partial charge >= 0.3 is 0 Å². The van der Waals surface area contributed by atoms with E-state index < -0.39 is 0 Å². The molecular weight excluding hydrogens is 324 g/mol. The summed E-state index contributed by atoms with van der Waals surface area (Å²) in [4.78, 5) is 14.9. The van der Waals surface area contributed by atoms with Crippen molar-refractivity contribution in [2.75, 3.05) is 25.1 Å². The summed E-state index contributed by atoms with van der Waals surface area (Å²) >= 11 is 0. The van der Waals surface area contributed by atoms with Crippen molar-refractivity contribution in [1.29, 1.82) is 0 Å². The molecule has 1 aliphatic rings. The number of benzene rings is 2. The fraction of sp³-hybridized carbons (Fsp3) is 0.409. The second-order valence-corrected chi connectivity index (χ2v) is 7.21. The maximum Gasteiger partial charge on any atom is 0.251 e. The molecule has 1 heterocycles. The van der Waals surface area contributed by atoms with E-state index in [1.54, 1.807) is 19.2 Å². The lowest BCUT2D eigenvalue weighted by Crippen LogP contribution is -2.34. The smallest absolute Gasteiger partial charge is 0.251 e. The van der Waals surface area contributed by atoms with Crippen molar-refractivity contribution in [3.8, 4) is 5.75 Å². The number of methoxy groups -OCH3 is 1. The van der Waals surface area contributed by atoms with E-state index in [2.05, 4.69) is 41.4 Å². The fourth-order valence-electron chi connectivity index (χ4n) is 3.53. The van der Waals surface area contributed by atoms with Crippen molar-refractivity contribution < 1.29 is 9.53 Å². The number of ether oxygens (including phenoxy) is 1. The third kappa shape index (κ3) is 4.37. The number of rotatable bonds is 5. The van der Waals surface area contributed by atoms with E-state index in [1.807, 2.05) is 19.1 Å². The van der Waals surface area contributed by atoms with Gasteiger partial charge in [0, 0.05) is 24.3 Å². The first kappa shape index (κ1) is 18.3. The molecule has 3 rings (SSSR count). The summed E-state index contributed by atoms with van der Waals surface area (Å²) in [5, 5.41) is 3.06. The van der Waals surface area contributed by atoms with Crippen LogP contribution in [0.3, 0.4) is 0 Å². The Bertz CT molecular complexity index is 742. The van der Waals surface area contributed by atoms with Gasteiger partial charge in [0.15, 0.2) is 0 Å². The van der Waals surface area contributed by atoms with Crippen LogP contribution >= 0.6 is 0 Å². The molecule has 2 aromatic carbocycles. The third-order valence-corrected chi connectivity index (χ3v) is 5.09. The Labute approximate surface area is 156 Å². The number of carbonyl (C=O) groups is 1. The molecule has 0 saturated carbocycles. The van der Waals surface area contributed by atoms with Crippen LogP contribution in [0.15, 0.2) is 48.5 Å². The van der Waals surface area contributed by atoms with Gasteiger partial charge in [-0.25, -0.2) is 0 Å². The van der Waals surface area contributed by atoms with Crippen molar-refractivity contribution >= 4 is 11.6 Å². The molecule has 2 atom stereocenters. The normalized spacial score (nSPS) is 18.3. The molecule has 1 saturated heterocycles. The Morgan fingerprint density at radius 3 is 2.69 bits per heavy atom. The molecule has 1 amide bonds. The Hall–Kier alpha value is -2.49. The predicted octanol–water partition coefficient (Wildman–Crippen LogP) is 4.42. The largest absolute Gasteiger partial charge is 0.497 e. The van der Waals surface area contributed by atoms with Gasteiger partial charge in [-0.2, -0.15) is 0 Å². The standard InChI is InChI=1S/C22H28N2O2/c1-16-6-5-13-24(15-16)20-11-9-18(10-12-20)17(2)23-22(25)19-7-4-8-21(14-19)26-3/h4,7-12,14,16-17H,5-6,13,15H2,1-3H3,(H,23,25)/t16-,17+/m1/s1. The van der Waals surface area contributed by atoms with Crippen LogP contribution in [-0.4, -0.2) is 26.1 Å². The molecule has 0 aromatic heterocycles. The lowest BCUT2D eigenvalue weighted by Gasteiger charge is -2.33. The lowest BCUT2D eigenvalue weighted by atomic mass is 9.99. The maximum atomic E-state index is 12.5. The van der Waals surface area contributed by atoms with Gasteiger partial charge in [-0.05, 0) is 61.6 Å². The maximum absolute atomic E-state index is 12.5. The van der Waals surface area contributed by atoms with Gasteiger partial charge < -0.3 is 15.0 Å². The Balaban J connectivity index is 1.64. The number of piperidine rings is 1. The highest BCUT2D eigenvalue weighted by Crippen LogP contribution is 2.25. The molecular formula is C22H28N2O2. The fourth-order valence-corrected chi connectivity index (χ4v) is 3.53. The molecule has 138 valence electrons. The third-order valence-electron chi connectivity index (χ3n) is 5.09. The molecule has 4 nitrogen and oxygen atoms in total. The summed E-state index contributed by atoms with van der Waals surface area (Å²) < 4.78 is 5.19. The van der Waals surface area contributed by atoms with Crippen molar-refractivity contribution in [2.45, 2.75) is 32.7 Å². The molecule has 0 aliphatic carbocycles. The first-order valence-corrected chi connectivity index (χ1v) is 9.36. The van der Waals surface area contributed by atoms with Gasteiger partial charge in [0.25, 0.3) is 5.91 Å². The molecule has 1 aliphatic heterocycles. The van der Waals surface area contributed by atoms with Crippen LogP contribution in [0.2, 0.25) is 0 Å². The van der Waals surface area contributed by atoms with Crippen molar-refractivity contribution in [3.05, 3.63) is 59.7 Å². The van der Waals surface area contributed by atoms with E-state index in [9.17, 15) is 4.79 Å². The minimum Gasteiger partial charge on any atom is -0.497 e. The van der Waals surface area contributed by atoms with Crippen LogP contribution < -0.4 is 15.0 Å². The van der Waals surface area contributed by atoms with E-state index in [1.165, 1.54) is 18.5 Å². The van der Waals surface area contributed by atoms with Crippen molar-refractivity contribution in [1.82, 2.24) is 5.32 Å². The average molecular weight is 352 g/mol. The second kappa shape index (κ2) is 8.26. The number of hydrogen-bond acceptors (Lipinski definition) is 3. The van der Waals surface area contributed by atoms with E-state index in [0.717, 1.165) is 24.6 Å². The molecule has 0 unspecified atom stereocenters. The summed E-state index contributed by atoms with van der Waals surface area (Å²) in [5.41, 5.74) is 2.98. The van der Waals surface area contributed by atoms with Crippen LogP contribution in [0, 0.1) is 5.92 Å². The minimum atomic E-state index is -0.0923. The molecule has 1 N–H and O–H groups in total. The van der Waals surface area contributed by atoms with Crippen molar-refractivity contribution in [3.63, 3.8) is 0 Å². The zero-order valence-electron chi connectivity index (χ0n) is 15.9. The number of hydrogen-bond donors (Lipinski definition) is 1. The molecule has 0 spiro atoms. The number of anilines is 1. The molecule has 2 aromatic rings. The van der Waals surface area contributed by atoms with Gasteiger partial charge in [0.05, 0.1) is 13.2 Å². The van der Waals surface area contributed by atoms with Crippen molar-refractivity contribution in [2.24, 2.45) is 5.92 Å². The first-order valence-electron chi connectivity index (χ1n) is 9.36. The van der Waals surface area contributed by atoms with Gasteiger partial charge in [-0.1, -0.05) is 25.1 Å². The zero-order valence-corrected chi connectivity index (χ0v) is 15.9. The first-order chi connectivity index (χ1) is 12.6. The number of carbonyl (C=O) groups excluding carboxylic acids is 1. The molecule has 26 heavy (non-hydrogen) atoms. The van der Waals surface area contributed by atoms with Crippen LogP contribution in [0.4, 0.5) is 5.69 Å². The van der Waals surface area contributed by atoms with E-state index >= 15 is 0 Å². The summed E-state index contributed by atoms with van der Waals surface area (Å²) in [6, 6.07) is 15.7. The number of nitrogens with one attached hydrogen (secondary N) is 1. The summed E-state index contributed by atoms with van der Waals surface area (Å²) in [6.07, 6.45) is 2.58. The zero-order chi connectivity index (χ0) is 18.5. The number of nitrogens with zero attached hydrogens (tertiary/aromatic N) is 1.